The molecule has 196 valence electrons. The molecule has 1 aliphatic carbocycles. The summed E-state index contributed by atoms with van der Waals surface area (Å²) in [5.74, 6) is -1.22. The van der Waals surface area contributed by atoms with Gasteiger partial charge in [0.1, 0.15) is 6.61 Å². The molecule has 1 amide bonds. The predicted molar refractivity (Wildman–Crippen MR) is 145 cm³/mol. The lowest BCUT2D eigenvalue weighted by molar-refractivity contribution is 0.00578. The molecule has 0 saturated carbocycles. The van der Waals surface area contributed by atoms with Crippen molar-refractivity contribution in [2.45, 2.75) is 44.8 Å². The third-order valence-electron chi connectivity index (χ3n) is 7.66. The van der Waals surface area contributed by atoms with Crippen molar-refractivity contribution >= 4 is 19.3 Å². The Hall–Kier alpha value is -3.62. The maximum Gasteiger partial charge on any atom is 0.492 e. The smallest absolute Gasteiger partial charge is 0.492 e. The lowest BCUT2D eigenvalue weighted by Gasteiger charge is -2.32. The Morgan fingerprint density at radius 3 is 2.16 bits per heavy atom. The zero-order chi connectivity index (χ0) is 27.1. The van der Waals surface area contributed by atoms with Gasteiger partial charge in [0.2, 0.25) is 0 Å². The van der Waals surface area contributed by atoms with Crippen molar-refractivity contribution in [2.75, 3.05) is 13.2 Å². The van der Waals surface area contributed by atoms with Crippen LogP contribution < -0.4 is 5.32 Å². The number of ether oxygens (including phenoxy) is 1. The van der Waals surface area contributed by atoms with E-state index in [1.165, 1.54) is 18.2 Å². The van der Waals surface area contributed by atoms with Gasteiger partial charge >= 0.3 is 13.2 Å². The number of alkyl carbamates (subject to hydrolysis) is 1. The number of rotatable bonds is 6. The molecular weight excluding hydrogens is 484 g/mol. The topological polar surface area (TPSA) is 77.0 Å². The maximum atomic E-state index is 13.6. The molecule has 1 fully saturated rings. The molecule has 2 N–H and O–H groups in total. The van der Waals surface area contributed by atoms with Gasteiger partial charge in [0.15, 0.2) is 11.6 Å². The molecule has 1 saturated heterocycles. The number of carbonyl (C=O) groups is 1. The molecule has 8 heteroatoms. The highest BCUT2D eigenvalue weighted by atomic mass is 19.1. The number of fused-ring (bicyclic) bond motifs is 3. The summed E-state index contributed by atoms with van der Waals surface area (Å²) in [7, 11) is -0.749. The molecular formula is C30H31BFNO5. The van der Waals surface area contributed by atoms with Crippen molar-refractivity contribution in [1.82, 2.24) is 5.32 Å². The van der Waals surface area contributed by atoms with E-state index in [2.05, 4.69) is 29.6 Å². The van der Waals surface area contributed by atoms with Gasteiger partial charge in [-0.15, -0.1) is 0 Å². The summed E-state index contributed by atoms with van der Waals surface area (Å²) in [6.07, 6.45) is 1.14. The van der Waals surface area contributed by atoms with E-state index in [0.717, 1.165) is 22.3 Å². The minimum absolute atomic E-state index is 0.0477. The Labute approximate surface area is 222 Å². The fourth-order valence-electron chi connectivity index (χ4n) is 4.85. The van der Waals surface area contributed by atoms with E-state index >= 15 is 0 Å². The van der Waals surface area contributed by atoms with Crippen LogP contribution >= 0.6 is 0 Å². The van der Waals surface area contributed by atoms with Crippen molar-refractivity contribution in [3.63, 3.8) is 0 Å². The molecule has 6 nitrogen and oxygen atoms in total. The number of phenols is 1. The minimum Gasteiger partial charge on any atom is -0.505 e. The Bertz CT molecular complexity index is 1340. The van der Waals surface area contributed by atoms with Crippen molar-refractivity contribution in [3.8, 4) is 16.9 Å². The van der Waals surface area contributed by atoms with Gasteiger partial charge in [-0.1, -0.05) is 60.7 Å². The number of nitrogens with one attached hydrogen (secondary N) is 1. The number of aromatic hydroxyl groups is 1. The highest BCUT2D eigenvalue weighted by molar-refractivity contribution is 6.56. The number of halogens is 1. The number of amides is 1. The number of carbonyl (C=O) groups excluding carboxylic acids is 1. The molecule has 0 atom stereocenters. The summed E-state index contributed by atoms with van der Waals surface area (Å²) < 4.78 is 31.6. The molecule has 1 aliphatic heterocycles. The molecule has 5 rings (SSSR count). The van der Waals surface area contributed by atoms with Gasteiger partial charge in [0.05, 0.1) is 11.2 Å². The van der Waals surface area contributed by atoms with Crippen LogP contribution in [0.2, 0.25) is 0 Å². The first-order valence-corrected chi connectivity index (χ1v) is 12.7. The molecule has 3 aromatic rings. The normalized spacial score (nSPS) is 17.7. The van der Waals surface area contributed by atoms with Gasteiger partial charge in [0, 0.05) is 12.5 Å². The summed E-state index contributed by atoms with van der Waals surface area (Å²) in [5, 5.41) is 12.6. The average Bonchev–Trinajstić information content (AvgIpc) is 3.31. The summed E-state index contributed by atoms with van der Waals surface area (Å²) in [5.41, 5.74) is 4.55. The predicted octanol–water partition coefficient (Wildman–Crippen LogP) is 6.08. The third kappa shape index (κ3) is 4.94. The molecule has 2 aliphatic rings. The second-order valence-electron chi connectivity index (χ2n) is 10.7. The van der Waals surface area contributed by atoms with Crippen LogP contribution in [0.1, 0.15) is 50.3 Å². The minimum atomic E-state index is -0.749. The monoisotopic (exact) mass is 515 g/mol. The van der Waals surface area contributed by atoms with E-state index in [9.17, 15) is 14.3 Å². The van der Waals surface area contributed by atoms with Gasteiger partial charge in [-0.3, -0.25) is 0 Å². The number of hydrogen-bond acceptors (Lipinski definition) is 5. The van der Waals surface area contributed by atoms with Crippen molar-refractivity contribution in [3.05, 3.63) is 94.7 Å². The molecule has 1 heterocycles. The van der Waals surface area contributed by atoms with E-state index in [1.54, 1.807) is 6.08 Å². The van der Waals surface area contributed by atoms with E-state index in [-0.39, 0.29) is 19.1 Å². The van der Waals surface area contributed by atoms with Crippen LogP contribution in [0.15, 0.2) is 72.2 Å². The highest BCUT2D eigenvalue weighted by Crippen LogP contribution is 2.44. The largest absolute Gasteiger partial charge is 0.505 e. The van der Waals surface area contributed by atoms with E-state index in [0.29, 0.717) is 11.0 Å². The van der Waals surface area contributed by atoms with Gasteiger partial charge in [0.25, 0.3) is 0 Å². The van der Waals surface area contributed by atoms with Gasteiger partial charge in [-0.2, -0.15) is 0 Å². The number of hydrogen-bond donors (Lipinski definition) is 2. The summed E-state index contributed by atoms with van der Waals surface area (Å²) >= 11 is 0. The Morgan fingerprint density at radius 2 is 1.58 bits per heavy atom. The zero-order valence-corrected chi connectivity index (χ0v) is 22.0. The lowest BCUT2D eigenvalue weighted by Crippen LogP contribution is -2.41. The quantitative estimate of drug-likeness (QED) is 0.389. The second-order valence-corrected chi connectivity index (χ2v) is 10.7. The van der Waals surface area contributed by atoms with Crippen LogP contribution in [0, 0.1) is 5.82 Å². The summed E-state index contributed by atoms with van der Waals surface area (Å²) in [6.45, 7) is 8.02. The molecule has 0 bridgehead atoms. The van der Waals surface area contributed by atoms with Gasteiger partial charge in [-0.25, -0.2) is 9.18 Å². The molecule has 0 spiro atoms. The van der Waals surface area contributed by atoms with Crippen molar-refractivity contribution in [2.24, 2.45) is 0 Å². The SMILES string of the molecule is CC1(C)OB(C(=Cc2ccc(F)c(O)c2)CNC(=O)OCC2c3ccccc3-c3ccccc32)OC1(C)C. The average molecular weight is 515 g/mol. The molecule has 38 heavy (non-hydrogen) atoms. The van der Waals surface area contributed by atoms with Crippen LogP contribution in [-0.4, -0.2) is 42.7 Å². The highest BCUT2D eigenvalue weighted by Gasteiger charge is 2.52. The first-order valence-electron chi connectivity index (χ1n) is 12.7. The number of benzene rings is 3. The lowest BCUT2D eigenvalue weighted by atomic mass is 9.77. The Kier molecular flexibility index (Phi) is 6.80. The van der Waals surface area contributed by atoms with Crippen molar-refractivity contribution in [1.29, 1.82) is 0 Å². The number of phenolic OH excluding ortho intramolecular Hbond substituents is 1. The molecule has 0 radical (unpaired) electrons. The van der Waals surface area contributed by atoms with Crippen LogP contribution in [-0.2, 0) is 14.0 Å². The van der Waals surface area contributed by atoms with Gasteiger partial charge < -0.3 is 24.5 Å². The maximum absolute atomic E-state index is 13.6. The van der Waals surface area contributed by atoms with Crippen LogP contribution in [0.25, 0.3) is 17.2 Å². The fourth-order valence-corrected chi connectivity index (χ4v) is 4.85. The third-order valence-corrected chi connectivity index (χ3v) is 7.66. The van der Waals surface area contributed by atoms with Crippen LogP contribution in [0.5, 0.6) is 5.75 Å². The zero-order valence-electron chi connectivity index (χ0n) is 22.0. The Morgan fingerprint density at radius 1 is 1.00 bits per heavy atom. The standard InChI is InChI=1S/C30H31BFNO5/c1-29(2)30(3,4)38-31(37-29)20(15-19-13-14-26(32)27(34)16-19)17-33-28(35)36-18-25-23-11-7-5-9-21(23)22-10-6-8-12-24(22)25/h5-16,25,34H,17-18H2,1-4H3,(H,33,35). The van der Waals surface area contributed by atoms with E-state index in [1.807, 2.05) is 52.0 Å². The summed E-state index contributed by atoms with van der Waals surface area (Å²) in [4.78, 5) is 12.8. The van der Waals surface area contributed by atoms with Crippen LogP contribution in [0.4, 0.5) is 9.18 Å². The summed E-state index contributed by atoms with van der Waals surface area (Å²) in [6, 6.07) is 20.3. The molecule has 0 aromatic heterocycles. The Balaban J connectivity index is 1.30. The fraction of sp³-hybridized carbons (Fsp3) is 0.300. The van der Waals surface area contributed by atoms with E-state index < -0.39 is 36.0 Å². The van der Waals surface area contributed by atoms with Crippen LogP contribution in [0.3, 0.4) is 0 Å². The first-order chi connectivity index (χ1) is 18.1. The molecule has 0 unspecified atom stereocenters. The van der Waals surface area contributed by atoms with E-state index in [4.69, 9.17) is 14.0 Å². The van der Waals surface area contributed by atoms with Crippen molar-refractivity contribution < 1.29 is 28.3 Å². The second kappa shape index (κ2) is 9.93. The first kappa shape index (κ1) is 26.0. The van der Waals surface area contributed by atoms with Gasteiger partial charge in [-0.05, 0) is 73.1 Å². The molecule has 3 aromatic carbocycles.